The van der Waals surface area contributed by atoms with Crippen molar-refractivity contribution in [2.45, 2.75) is 19.4 Å². The van der Waals surface area contributed by atoms with E-state index < -0.39 is 0 Å². The first kappa shape index (κ1) is 19.7. The fourth-order valence-electron chi connectivity index (χ4n) is 3.74. The monoisotopic (exact) mass is 451 g/mol. The lowest BCUT2D eigenvalue weighted by atomic mass is 10.1. The molecule has 4 heterocycles. The van der Waals surface area contributed by atoms with Crippen LogP contribution in [0.15, 0.2) is 48.2 Å². The summed E-state index contributed by atoms with van der Waals surface area (Å²) >= 11 is 7.61. The number of aromatic nitrogens is 5. The largest absolute Gasteiger partial charge is 0.312 e. The lowest BCUT2D eigenvalue weighted by Gasteiger charge is -2.40. The SMILES string of the molecule is CCC1C(=O)N(C)c2cnc(-c3cn[nH]c3-c3nccs3)nc2N1c1ccc(Cl)cc1. The van der Waals surface area contributed by atoms with Crippen molar-refractivity contribution in [2.24, 2.45) is 0 Å². The van der Waals surface area contributed by atoms with E-state index in [-0.39, 0.29) is 11.9 Å². The predicted molar refractivity (Wildman–Crippen MR) is 122 cm³/mol. The maximum atomic E-state index is 13.1. The highest BCUT2D eigenvalue weighted by Gasteiger charge is 2.38. The van der Waals surface area contributed by atoms with E-state index >= 15 is 0 Å². The second-order valence-electron chi connectivity index (χ2n) is 7.07. The molecule has 8 nitrogen and oxygen atoms in total. The smallest absolute Gasteiger partial charge is 0.250 e. The van der Waals surface area contributed by atoms with Crippen LogP contribution in [-0.2, 0) is 4.79 Å². The fraction of sp³-hybridized carbons (Fsp3) is 0.190. The summed E-state index contributed by atoms with van der Waals surface area (Å²) in [4.78, 5) is 30.5. The first-order chi connectivity index (χ1) is 15.1. The van der Waals surface area contributed by atoms with Crippen molar-refractivity contribution >= 4 is 46.0 Å². The number of thiazole rings is 1. The third-order valence-electron chi connectivity index (χ3n) is 5.28. The van der Waals surface area contributed by atoms with Crippen LogP contribution < -0.4 is 9.80 Å². The second-order valence-corrected chi connectivity index (χ2v) is 8.40. The summed E-state index contributed by atoms with van der Waals surface area (Å²) in [6, 6.07) is 7.03. The Morgan fingerprint density at radius 1 is 1.19 bits per heavy atom. The number of halogens is 1. The highest BCUT2D eigenvalue weighted by molar-refractivity contribution is 7.13. The molecular formula is C21H18ClN7OS. The van der Waals surface area contributed by atoms with Gasteiger partial charge in [0.05, 0.1) is 18.0 Å². The summed E-state index contributed by atoms with van der Waals surface area (Å²) in [5.74, 6) is 1.16. The van der Waals surface area contributed by atoms with Crippen LogP contribution in [-0.4, -0.2) is 44.1 Å². The molecule has 0 radical (unpaired) electrons. The number of anilines is 3. The zero-order valence-corrected chi connectivity index (χ0v) is 18.4. The number of likely N-dealkylation sites (N-methyl/N-ethyl adjacent to an activating group) is 1. The summed E-state index contributed by atoms with van der Waals surface area (Å²) in [5, 5.41) is 10.5. The molecule has 0 aliphatic carbocycles. The predicted octanol–water partition coefficient (Wildman–Crippen LogP) is 4.54. The van der Waals surface area contributed by atoms with E-state index in [0.29, 0.717) is 28.8 Å². The number of carbonyl (C=O) groups is 1. The van der Waals surface area contributed by atoms with Gasteiger partial charge in [-0.25, -0.2) is 15.0 Å². The number of fused-ring (bicyclic) bond motifs is 1. The highest BCUT2D eigenvalue weighted by Crippen LogP contribution is 2.41. The number of nitrogens with one attached hydrogen (secondary N) is 1. The summed E-state index contributed by atoms with van der Waals surface area (Å²) in [6.07, 6.45) is 5.75. The van der Waals surface area contributed by atoms with Gasteiger partial charge >= 0.3 is 0 Å². The number of amides is 1. The Hall–Kier alpha value is -3.30. The van der Waals surface area contributed by atoms with Crippen LogP contribution in [0.1, 0.15) is 13.3 Å². The Labute approximate surface area is 187 Å². The van der Waals surface area contributed by atoms with E-state index in [2.05, 4.69) is 20.2 Å². The lowest BCUT2D eigenvalue weighted by Crippen LogP contribution is -2.50. The Morgan fingerprint density at radius 3 is 2.71 bits per heavy atom. The molecule has 3 aromatic heterocycles. The van der Waals surface area contributed by atoms with Crippen molar-refractivity contribution in [3.63, 3.8) is 0 Å². The van der Waals surface area contributed by atoms with Gasteiger partial charge in [0.25, 0.3) is 0 Å². The van der Waals surface area contributed by atoms with Crippen molar-refractivity contribution < 1.29 is 4.79 Å². The minimum atomic E-state index is -0.385. The van der Waals surface area contributed by atoms with Crippen molar-refractivity contribution in [1.82, 2.24) is 25.1 Å². The van der Waals surface area contributed by atoms with E-state index in [1.807, 2.05) is 41.5 Å². The Bertz CT molecular complexity index is 1240. The van der Waals surface area contributed by atoms with Crippen LogP contribution in [0, 0.1) is 0 Å². The average Bonchev–Trinajstić information content (AvgIpc) is 3.48. The molecule has 5 rings (SSSR count). The van der Waals surface area contributed by atoms with E-state index in [0.717, 1.165) is 22.0 Å². The number of H-pyrrole nitrogens is 1. The average molecular weight is 452 g/mol. The zero-order chi connectivity index (χ0) is 21.5. The molecule has 0 spiro atoms. The number of hydrogen-bond acceptors (Lipinski definition) is 7. The minimum Gasteiger partial charge on any atom is -0.312 e. The summed E-state index contributed by atoms with van der Waals surface area (Å²) < 4.78 is 0. The number of hydrogen-bond donors (Lipinski definition) is 1. The summed E-state index contributed by atoms with van der Waals surface area (Å²) in [5.41, 5.74) is 3.00. The van der Waals surface area contributed by atoms with Crippen molar-refractivity contribution in [3.05, 3.63) is 53.3 Å². The number of benzene rings is 1. The first-order valence-electron chi connectivity index (χ1n) is 9.71. The molecule has 1 atom stereocenters. The van der Waals surface area contributed by atoms with Crippen molar-refractivity contribution in [3.8, 4) is 22.1 Å². The van der Waals surface area contributed by atoms with Gasteiger partial charge in [-0.3, -0.25) is 9.89 Å². The summed E-state index contributed by atoms with van der Waals surface area (Å²) in [6.45, 7) is 1.99. The van der Waals surface area contributed by atoms with Gasteiger partial charge in [-0.2, -0.15) is 5.10 Å². The molecule has 1 aromatic carbocycles. The molecule has 0 saturated heterocycles. The number of rotatable bonds is 4. The maximum absolute atomic E-state index is 13.1. The van der Waals surface area contributed by atoms with Gasteiger partial charge in [0.1, 0.15) is 22.4 Å². The Kier molecular flexibility index (Phi) is 4.91. The maximum Gasteiger partial charge on any atom is 0.250 e. The zero-order valence-electron chi connectivity index (χ0n) is 16.8. The standard InChI is InChI=1S/C21H18ClN7OS/c1-3-15-21(30)28(2)16-11-24-18(14-10-25-27-17(14)20-23-8-9-31-20)26-19(16)29(15)13-6-4-12(22)5-7-13/h4-11,15H,3H2,1-2H3,(H,25,27). The van der Waals surface area contributed by atoms with Gasteiger partial charge in [0.2, 0.25) is 5.91 Å². The molecule has 1 aliphatic rings. The first-order valence-corrected chi connectivity index (χ1v) is 11.0. The van der Waals surface area contributed by atoms with Crippen LogP contribution in [0.4, 0.5) is 17.2 Å². The third kappa shape index (κ3) is 3.26. The van der Waals surface area contributed by atoms with Crippen LogP contribution in [0.3, 0.4) is 0 Å². The van der Waals surface area contributed by atoms with Crippen molar-refractivity contribution in [1.29, 1.82) is 0 Å². The Balaban J connectivity index is 1.68. The molecule has 0 saturated carbocycles. The van der Waals surface area contributed by atoms with Gasteiger partial charge in [-0.15, -0.1) is 11.3 Å². The number of carbonyl (C=O) groups excluding carboxylic acids is 1. The third-order valence-corrected chi connectivity index (χ3v) is 6.33. The molecule has 1 amide bonds. The van der Waals surface area contributed by atoms with Gasteiger partial charge in [0, 0.05) is 29.3 Å². The topological polar surface area (TPSA) is 90.9 Å². The molecule has 31 heavy (non-hydrogen) atoms. The molecule has 1 aliphatic heterocycles. The van der Waals surface area contributed by atoms with Gasteiger partial charge < -0.3 is 9.80 Å². The number of aromatic amines is 1. The lowest BCUT2D eigenvalue weighted by molar-refractivity contribution is -0.119. The van der Waals surface area contributed by atoms with E-state index in [9.17, 15) is 4.79 Å². The summed E-state index contributed by atoms with van der Waals surface area (Å²) in [7, 11) is 1.75. The number of nitrogens with zero attached hydrogens (tertiary/aromatic N) is 6. The quantitative estimate of drug-likeness (QED) is 0.490. The van der Waals surface area contributed by atoms with Crippen molar-refractivity contribution in [2.75, 3.05) is 16.8 Å². The normalized spacial score (nSPS) is 16.0. The van der Waals surface area contributed by atoms with Gasteiger partial charge in [-0.1, -0.05) is 18.5 Å². The molecule has 0 fully saturated rings. The second kappa shape index (κ2) is 7.75. The molecule has 156 valence electrons. The van der Waals surface area contributed by atoms with Crippen LogP contribution in [0.25, 0.3) is 22.1 Å². The molecule has 10 heteroatoms. The highest BCUT2D eigenvalue weighted by atomic mass is 35.5. The van der Waals surface area contributed by atoms with E-state index in [4.69, 9.17) is 16.6 Å². The minimum absolute atomic E-state index is 0.00640. The molecular weight excluding hydrogens is 434 g/mol. The Morgan fingerprint density at radius 2 is 2.00 bits per heavy atom. The van der Waals surface area contributed by atoms with E-state index in [1.165, 1.54) is 11.3 Å². The van der Waals surface area contributed by atoms with E-state index in [1.54, 1.807) is 30.5 Å². The fourth-order valence-corrected chi connectivity index (χ4v) is 4.51. The van der Waals surface area contributed by atoms with Gasteiger partial charge in [0.15, 0.2) is 11.6 Å². The molecule has 1 N–H and O–H groups in total. The molecule has 1 unspecified atom stereocenters. The van der Waals surface area contributed by atoms with Crippen LogP contribution in [0.2, 0.25) is 5.02 Å². The van der Waals surface area contributed by atoms with Crippen LogP contribution >= 0.6 is 22.9 Å². The molecule has 0 bridgehead atoms. The molecule has 4 aromatic rings. The van der Waals surface area contributed by atoms with Crippen LogP contribution in [0.5, 0.6) is 0 Å². The van der Waals surface area contributed by atoms with Gasteiger partial charge in [-0.05, 0) is 30.7 Å².